The maximum atomic E-state index is 11.1. The maximum Gasteiger partial charge on any atom is 0.304 e. The van der Waals surface area contributed by atoms with Gasteiger partial charge in [0.05, 0.1) is 7.05 Å². The van der Waals surface area contributed by atoms with Gasteiger partial charge in [-0.1, -0.05) is 12.1 Å². The monoisotopic (exact) mass is 295 g/mol. The number of thiophene rings is 1. The number of aryl methyl sites for hydroxylation is 1. The summed E-state index contributed by atoms with van der Waals surface area (Å²) in [6, 6.07) is 10.9. The van der Waals surface area contributed by atoms with Gasteiger partial charge in [-0.05, 0) is 24.3 Å². The fourth-order valence-corrected chi connectivity index (χ4v) is 3.72. The van der Waals surface area contributed by atoms with Crippen LogP contribution in [-0.4, -0.2) is 18.0 Å². The van der Waals surface area contributed by atoms with Crippen LogP contribution < -0.4 is 4.57 Å². The molecule has 0 aliphatic rings. The van der Waals surface area contributed by atoms with Gasteiger partial charge in [-0.15, -0.1) is 11.3 Å². The van der Waals surface area contributed by atoms with Gasteiger partial charge < -0.3 is 0 Å². The number of nitrogens with one attached hydrogen (secondary N) is 1. The van der Waals surface area contributed by atoms with E-state index >= 15 is 0 Å². The molecular weight excluding hydrogens is 284 g/mol. The lowest BCUT2D eigenvalue weighted by Crippen LogP contribution is -2.28. The van der Waals surface area contributed by atoms with Crippen molar-refractivity contribution < 1.29 is 17.5 Å². The van der Waals surface area contributed by atoms with Gasteiger partial charge in [-0.2, -0.15) is 8.42 Å². The third-order valence-corrected chi connectivity index (χ3v) is 5.34. The average molecular weight is 295 g/mol. The lowest BCUT2D eigenvalue weighted by molar-refractivity contribution is -0.633. The van der Waals surface area contributed by atoms with Gasteiger partial charge >= 0.3 is 10.1 Å². The van der Waals surface area contributed by atoms with Crippen molar-refractivity contribution in [2.45, 2.75) is 4.21 Å². The Morgan fingerprint density at radius 2 is 1.95 bits per heavy atom. The Kier molecular flexibility index (Phi) is 2.70. The van der Waals surface area contributed by atoms with Crippen LogP contribution in [-0.2, 0) is 17.2 Å². The maximum absolute atomic E-state index is 11.1. The Balaban J connectivity index is 2.20. The number of aromatic nitrogens is 2. The van der Waals surface area contributed by atoms with Crippen LogP contribution in [0.4, 0.5) is 0 Å². The lowest BCUT2D eigenvalue weighted by atomic mass is 10.3. The van der Waals surface area contributed by atoms with Crippen molar-refractivity contribution in [3.63, 3.8) is 0 Å². The zero-order chi connectivity index (χ0) is 13.6. The Bertz CT molecular complexity index is 862. The standard InChI is InChI=1S/C12H10N2O3S2/c1-14-9-5-3-2-4-8(9)13-12(14)10-6-7-11(18-10)19(15,16)17/h2-7H,1H3,(H,15,16,17)/p+1. The Morgan fingerprint density at radius 3 is 2.58 bits per heavy atom. The molecule has 0 saturated carbocycles. The zero-order valence-electron chi connectivity index (χ0n) is 9.99. The minimum atomic E-state index is -4.14. The van der Waals surface area contributed by atoms with Crippen LogP contribution in [0.25, 0.3) is 21.7 Å². The number of hydrogen-bond acceptors (Lipinski definition) is 3. The van der Waals surface area contributed by atoms with E-state index in [0.717, 1.165) is 33.1 Å². The molecule has 1 aromatic carbocycles. The number of nitrogens with zero attached hydrogens (tertiary/aromatic N) is 1. The van der Waals surface area contributed by atoms with E-state index in [0.29, 0.717) is 0 Å². The van der Waals surface area contributed by atoms with Crippen molar-refractivity contribution in [3.05, 3.63) is 36.4 Å². The van der Waals surface area contributed by atoms with Crippen molar-refractivity contribution in [2.24, 2.45) is 7.05 Å². The van der Waals surface area contributed by atoms with Crippen molar-refractivity contribution >= 4 is 32.5 Å². The molecule has 2 N–H and O–H groups in total. The third kappa shape index (κ3) is 2.05. The highest BCUT2D eigenvalue weighted by molar-refractivity contribution is 7.88. The SMILES string of the molecule is C[n+]1c(-c2ccc(S(=O)(=O)O)s2)[nH]c2ccccc21. The average Bonchev–Trinajstić information content (AvgIpc) is 2.94. The van der Waals surface area contributed by atoms with E-state index in [1.165, 1.54) is 6.07 Å². The molecule has 0 amide bonds. The van der Waals surface area contributed by atoms with Gasteiger partial charge in [-0.3, -0.25) is 4.55 Å². The molecule has 98 valence electrons. The molecule has 3 rings (SSSR count). The molecule has 0 aliphatic heterocycles. The Hall–Kier alpha value is -1.70. The molecular formula is C12H11N2O3S2+. The number of hydrogen-bond donors (Lipinski definition) is 2. The molecule has 2 heterocycles. The molecule has 0 bridgehead atoms. The van der Waals surface area contributed by atoms with E-state index in [1.54, 1.807) is 6.07 Å². The van der Waals surface area contributed by atoms with Crippen LogP contribution in [0.5, 0.6) is 0 Å². The van der Waals surface area contributed by atoms with Gasteiger partial charge in [0.15, 0.2) is 11.0 Å². The van der Waals surface area contributed by atoms with Gasteiger partial charge in [0, 0.05) is 0 Å². The number of para-hydroxylation sites is 2. The molecule has 19 heavy (non-hydrogen) atoms. The summed E-state index contributed by atoms with van der Waals surface area (Å²) in [5.74, 6) is 0.807. The van der Waals surface area contributed by atoms with Gasteiger partial charge in [0.1, 0.15) is 9.09 Å². The first-order chi connectivity index (χ1) is 8.97. The molecule has 0 aliphatic carbocycles. The summed E-state index contributed by atoms with van der Waals surface area (Å²) >= 11 is 1.03. The summed E-state index contributed by atoms with van der Waals surface area (Å²) in [4.78, 5) is 4.00. The molecule has 7 heteroatoms. The summed E-state index contributed by atoms with van der Waals surface area (Å²) < 4.78 is 33.1. The quantitative estimate of drug-likeness (QED) is 0.560. The number of aromatic amines is 1. The molecule has 0 spiro atoms. The summed E-state index contributed by atoms with van der Waals surface area (Å²) in [6.45, 7) is 0. The topological polar surface area (TPSA) is 74.0 Å². The van der Waals surface area contributed by atoms with Crippen LogP contribution >= 0.6 is 11.3 Å². The highest BCUT2D eigenvalue weighted by Crippen LogP contribution is 2.29. The van der Waals surface area contributed by atoms with Crippen LogP contribution in [0, 0.1) is 0 Å². The number of benzene rings is 1. The summed E-state index contributed by atoms with van der Waals surface area (Å²) in [5.41, 5.74) is 2.00. The predicted molar refractivity (Wildman–Crippen MR) is 72.6 cm³/mol. The van der Waals surface area contributed by atoms with Crippen LogP contribution in [0.3, 0.4) is 0 Å². The van der Waals surface area contributed by atoms with Crippen LogP contribution in [0.15, 0.2) is 40.6 Å². The Labute approximate surface area is 113 Å². The minimum Gasteiger partial charge on any atom is -0.281 e. The van der Waals surface area contributed by atoms with E-state index in [1.807, 2.05) is 35.9 Å². The van der Waals surface area contributed by atoms with E-state index in [4.69, 9.17) is 4.55 Å². The molecule has 2 aromatic heterocycles. The van der Waals surface area contributed by atoms with Crippen molar-refractivity contribution in [1.29, 1.82) is 0 Å². The lowest BCUT2D eigenvalue weighted by Gasteiger charge is -1.91. The van der Waals surface area contributed by atoms with Gasteiger partial charge in [0.2, 0.25) is 0 Å². The second-order valence-electron chi connectivity index (χ2n) is 4.14. The van der Waals surface area contributed by atoms with Crippen molar-refractivity contribution in [3.8, 4) is 10.7 Å². The van der Waals surface area contributed by atoms with E-state index in [2.05, 4.69) is 4.98 Å². The van der Waals surface area contributed by atoms with Gasteiger partial charge in [-0.25, -0.2) is 9.55 Å². The number of H-pyrrole nitrogens is 1. The Morgan fingerprint density at radius 1 is 1.21 bits per heavy atom. The first kappa shape index (κ1) is 12.3. The smallest absolute Gasteiger partial charge is 0.281 e. The highest BCUT2D eigenvalue weighted by atomic mass is 32.3. The van der Waals surface area contributed by atoms with Crippen molar-refractivity contribution in [1.82, 2.24) is 4.98 Å². The molecule has 0 saturated heterocycles. The highest BCUT2D eigenvalue weighted by Gasteiger charge is 2.21. The molecule has 0 fully saturated rings. The fourth-order valence-electron chi connectivity index (χ4n) is 2.02. The van der Waals surface area contributed by atoms with E-state index < -0.39 is 10.1 Å². The second-order valence-corrected chi connectivity index (χ2v) is 6.88. The molecule has 3 aromatic rings. The van der Waals surface area contributed by atoms with E-state index in [9.17, 15) is 8.42 Å². The molecule has 5 nitrogen and oxygen atoms in total. The summed E-state index contributed by atoms with van der Waals surface area (Å²) in [6.07, 6.45) is 0. The van der Waals surface area contributed by atoms with Crippen LogP contribution in [0.2, 0.25) is 0 Å². The predicted octanol–water partition coefficient (Wildman–Crippen LogP) is 1.97. The summed E-state index contributed by atoms with van der Waals surface area (Å²) in [7, 11) is -2.23. The molecule has 0 radical (unpaired) electrons. The second kappa shape index (κ2) is 4.16. The first-order valence-electron chi connectivity index (χ1n) is 5.51. The number of rotatable bonds is 2. The molecule has 0 atom stereocenters. The first-order valence-corrected chi connectivity index (χ1v) is 7.77. The normalized spacial score (nSPS) is 12.1. The van der Waals surface area contributed by atoms with Crippen molar-refractivity contribution in [2.75, 3.05) is 0 Å². The largest absolute Gasteiger partial charge is 0.304 e. The number of fused-ring (bicyclic) bond motifs is 1. The minimum absolute atomic E-state index is 0.0545. The fraction of sp³-hybridized carbons (Fsp3) is 0.0833. The third-order valence-electron chi connectivity index (χ3n) is 2.92. The zero-order valence-corrected chi connectivity index (χ0v) is 11.6. The van der Waals surface area contributed by atoms with E-state index in [-0.39, 0.29) is 4.21 Å². The number of imidazole rings is 1. The van der Waals surface area contributed by atoms with Gasteiger partial charge in [0.25, 0.3) is 5.82 Å². The molecule has 0 unspecified atom stereocenters. The summed E-state index contributed by atoms with van der Waals surface area (Å²) in [5, 5.41) is 0. The van der Waals surface area contributed by atoms with Crippen LogP contribution in [0.1, 0.15) is 0 Å².